The Hall–Kier alpha value is -0.990. The molecular formula is C13H24O3. The van der Waals surface area contributed by atoms with Crippen molar-refractivity contribution in [3.8, 4) is 0 Å². The van der Waals surface area contributed by atoms with Gasteiger partial charge >= 0.3 is 6.16 Å². The first-order valence-electron chi connectivity index (χ1n) is 6.10. The molecule has 0 aliphatic rings. The fourth-order valence-corrected chi connectivity index (χ4v) is 1.57. The normalized spacial score (nSPS) is 11.9. The van der Waals surface area contributed by atoms with E-state index < -0.39 is 6.16 Å². The number of unbranched alkanes of at least 4 members (excludes halogenated alkanes) is 4. The highest BCUT2D eigenvalue weighted by Gasteiger charge is 2.12. The second-order valence-corrected chi connectivity index (χ2v) is 3.92. The van der Waals surface area contributed by atoms with E-state index in [-0.39, 0.29) is 6.10 Å². The third kappa shape index (κ3) is 8.33. The third-order valence-electron chi connectivity index (χ3n) is 2.49. The molecule has 3 heteroatoms. The zero-order chi connectivity index (χ0) is 12.2. The quantitative estimate of drug-likeness (QED) is 0.339. The Morgan fingerprint density at radius 2 is 2.00 bits per heavy atom. The standard InChI is InChI=1S/C13H24O3/c1-4-6-7-8-9-11-12(10-5-2)16-13(14)15-3/h5,12H,2,4,6-11H2,1,3H3. The summed E-state index contributed by atoms with van der Waals surface area (Å²) in [6.07, 6.45) is 8.77. The fraction of sp³-hybridized carbons (Fsp3) is 0.769. The van der Waals surface area contributed by atoms with E-state index >= 15 is 0 Å². The van der Waals surface area contributed by atoms with E-state index in [0.29, 0.717) is 6.42 Å². The molecule has 1 atom stereocenters. The molecule has 3 nitrogen and oxygen atoms in total. The second-order valence-electron chi connectivity index (χ2n) is 3.92. The molecule has 0 aliphatic carbocycles. The summed E-state index contributed by atoms with van der Waals surface area (Å²) < 4.78 is 9.59. The van der Waals surface area contributed by atoms with Gasteiger partial charge in [0.2, 0.25) is 0 Å². The number of rotatable bonds is 9. The molecule has 0 aromatic heterocycles. The summed E-state index contributed by atoms with van der Waals surface area (Å²) in [6.45, 7) is 5.85. The summed E-state index contributed by atoms with van der Waals surface area (Å²) in [4.78, 5) is 11.0. The average molecular weight is 228 g/mol. The van der Waals surface area contributed by atoms with Crippen LogP contribution in [0.1, 0.15) is 51.9 Å². The molecule has 1 unspecified atom stereocenters. The molecule has 0 radical (unpaired) electrons. The number of methoxy groups -OCH3 is 1. The van der Waals surface area contributed by atoms with Crippen molar-refractivity contribution in [3.63, 3.8) is 0 Å². The van der Waals surface area contributed by atoms with Crippen LogP contribution >= 0.6 is 0 Å². The molecule has 0 amide bonds. The molecule has 0 aromatic carbocycles. The number of hydrogen-bond donors (Lipinski definition) is 0. The van der Waals surface area contributed by atoms with Crippen molar-refractivity contribution in [2.45, 2.75) is 58.0 Å². The third-order valence-corrected chi connectivity index (χ3v) is 2.49. The van der Waals surface area contributed by atoms with Crippen LogP contribution in [0.2, 0.25) is 0 Å². The summed E-state index contributed by atoms with van der Waals surface area (Å²) in [7, 11) is 1.33. The molecule has 0 bridgehead atoms. The number of carbonyl (C=O) groups excluding carboxylic acids is 1. The first-order chi connectivity index (χ1) is 7.74. The predicted octanol–water partition coefficient (Wildman–Crippen LogP) is 4.07. The molecule has 0 saturated heterocycles. The number of carbonyl (C=O) groups is 1. The fourth-order valence-electron chi connectivity index (χ4n) is 1.57. The highest BCUT2D eigenvalue weighted by atomic mass is 16.7. The van der Waals surface area contributed by atoms with Crippen molar-refractivity contribution in [3.05, 3.63) is 12.7 Å². The molecule has 0 aliphatic heterocycles. The summed E-state index contributed by atoms with van der Waals surface area (Å²) in [6, 6.07) is 0. The van der Waals surface area contributed by atoms with E-state index in [1.807, 2.05) is 0 Å². The van der Waals surface area contributed by atoms with Gasteiger partial charge in [-0.2, -0.15) is 0 Å². The summed E-state index contributed by atoms with van der Waals surface area (Å²) >= 11 is 0. The monoisotopic (exact) mass is 228 g/mol. The van der Waals surface area contributed by atoms with Crippen molar-refractivity contribution >= 4 is 6.16 Å². The minimum atomic E-state index is -0.597. The van der Waals surface area contributed by atoms with E-state index in [2.05, 4.69) is 18.2 Å². The van der Waals surface area contributed by atoms with Gasteiger partial charge in [0.25, 0.3) is 0 Å². The smallest absolute Gasteiger partial charge is 0.438 e. The molecule has 0 spiro atoms. The van der Waals surface area contributed by atoms with Gasteiger partial charge in [0, 0.05) is 6.42 Å². The summed E-state index contributed by atoms with van der Waals surface area (Å²) in [5.41, 5.74) is 0. The lowest BCUT2D eigenvalue weighted by Gasteiger charge is -2.14. The van der Waals surface area contributed by atoms with E-state index in [9.17, 15) is 4.79 Å². The zero-order valence-electron chi connectivity index (χ0n) is 10.5. The topological polar surface area (TPSA) is 35.5 Å². The van der Waals surface area contributed by atoms with Crippen LogP contribution in [0, 0.1) is 0 Å². The largest absolute Gasteiger partial charge is 0.508 e. The molecule has 0 fully saturated rings. The van der Waals surface area contributed by atoms with Gasteiger partial charge in [-0.25, -0.2) is 4.79 Å². The molecule has 94 valence electrons. The SMILES string of the molecule is C=CCC(CCCCCCC)OC(=O)OC. The summed E-state index contributed by atoms with van der Waals surface area (Å²) in [5.74, 6) is 0. The van der Waals surface area contributed by atoms with Gasteiger partial charge in [-0.15, -0.1) is 6.58 Å². The van der Waals surface area contributed by atoms with Crippen molar-refractivity contribution in [1.82, 2.24) is 0 Å². The van der Waals surface area contributed by atoms with Crippen LogP contribution in [0.3, 0.4) is 0 Å². The van der Waals surface area contributed by atoms with Crippen LogP contribution in [0.15, 0.2) is 12.7 Å². The Morgan fingerprint density at radius 3 is 2.56 bits per heavy atom. The minimum absolute atomic E-state index is 0.0772. The number of ether oxygens (including phenoxy) is 2. The molecule has 0 N–H and O–H groups in total. The highest BCUT2D eigenvalue weighted by Crippen LogP contribution is 2.13. The lowest BCUT2D eigenvalue weighted by Crippen LogP contribution is -2.17. The molecule has 0 aromatic rings. The molecule has 0 heterocycles. The lowest BCUT2D eigenvalue weighted by molar-refractivity contribution is 0.0340. The summed E-state index contributed by atoms with van der Waals surface area (Å²) in [5, 5.41) is 0. The van der Waals surface area contributed by atoms with Crippen LogP contribution in [0.5, 0.6) is 0 Å². The average Bonchev–Trinajstić information content (AvgIpc) is 2.28. The maximum atomic E-state index is 11.0. The zero-order valence-corrected chi connectivity index (χ0v) is 10.5. The Morgan fingerprint density at radius 1 is 1.31 bits per heavy atom. The van der Waals surface area contributed by atoms with E-state index in [1.165, 1.54) is 32.8 Å². The van der Waals surface area contributed by atoms with Gasteiger partial charge in [-0.3, -0.25) is 0 Å². The van der Waals surface area contributed by atoms with Gasteiger partial charge in [0.1, 0.15) is 6.10 Å². The number of hydrogen-bond acceptors (Lipinski definition) is 3. The van der Waals surface area contributed by atoms with Crippen molar-refractivity contribution in [1.29, 1.82) is 0 Å². The van der Waals surface area contributed by atoms with Gasteiger partial charge in [-0.05, 0) is 12.8 Å². The van der Waals surface area contributed by atoms with Crippen molar-refractivity contribution in [2.75, 3.05) is 7.11 Å². The first kappa shape index (κ1) is 15.0. The van der Waals surface area contributed by atoms with Gasteiger partial charge in [0.15, 0.2) is 0 Å². The maximum absolute atomic E-state index is 11.0. The van der Waals surface area contributed by atoms with Gasteiger partial charge < -0.3 is 9.47 Å². The predicted molar refractivity (Wildman–Crippen MR) is 65.5 cm³/mol. The van der Waals surface area contributed by atoms with Gasteiger partial charge in [-0.1, -0.05) is 38.7 Å². The molecule has 0 saturated carbocycles. The Kier molecular flexibility index (Phi) is 9.87. The van der Waals surface area contributed by atoms with E-state index in [4.69, 9.17) is 4.74 Å². The first-order valence-corrected chi connectivity index (χ1v) is 6.10. The Bertz CT molecular complexity index is 190. The van der Waals surface area contributed by atoms with Crippen LogP contribution in [-0.2, 0) is 9.47 Å². The van der Waals surface area contributed by atoms with Crippen molar-refractivity contribution in [2.24, 2.45) is 0 Å². The van der Waals surface area contributed by atoms with Crippen LogP contribution < -0.4 is 0 Å². The highest BCUT2D eigenvalue weighted by molar-refractivity contribution is 5.59. The van der Waals surface area contributed by atoms with E-state index in [0.717, 1.165) is 12.8 Å². The van der Waals surface area contributed by atoms with E-state index in [1.54, 1.807) is 6.08 Å². The van der Waals surface area contributed by atoms with Crippen LogP contribution in [0.4, 0.5) is 4.79 Å². The second kappa shape index (κ2) is 10.5. The Labute approximate surface area is 98.8 Å². The van der Waals surface area contributed by atoms with Crippen LogP contribution in [-0.4, -0.2) is 19.4 Å². The lowest BCUT2D eigenvalue weighted by atomic mass is 10.1. The minimum Gasteiger partial charge on any atom is -0.438 e. The maximum Gasteiger partial charge on any atom is 0.508 e. The van der Waals surface area contributed by atoms with Crippen LogP contribution in [0.25, 0.3) is 0 Å². The molecular weight excluding hydrogens is 204 g/mol. The molecule has 0 rings (SSSR count). The van der Waals surface area contributed by atoms with Crippen molar-refractivity contribution < 1.29 is 14.3 Å². The molecule has 16 heavy (non-hydrogen) atoms. The van der Waals surface area contributed by atoms with Gasteiger partial charge in [0.05, 0.1) is 7.11 Å². The Balaban J connectivity index is 3.67.